The van der Waals surface area contributed by atoms with E-state index in [-0.39, 0.29) is 0 Å². The van der Waals surface area contributed by atoms with Crippen LogP contribution in [0.3, 0.4) is 0 Å². The van der Waals surface area contributed by atoms with Crippen molar-refractivity contribution in [3.05, 3.63) is 108 Å². The van der Waals surface area contributed by atoms with Crippen molar-refractivity contribution in [3.63, 3.8) is 0 Å². The summed E-state index contributed by atoms with van der Waals surface area (Å²) in [6.45, 7) is 21.0. The molecule has 0 saturated carbocycles. The van der Waals surface area contributed by atoms with Crippen molar-refractivity contribution in [1.82, 2.24) is 14.7 Å². The first kappa shape index (κ1) is 27.8. The lowest BCUT2D eigenvalue weighted by Crippen LogP contribution is -2.35. The number of allylic oxidation sites excluding steroid dienone is 4. The van der Waals surface area contributed by atoms with E-state index in [1.807, 2.05) is 31.9 Å². The van der Waals surface area contributed by atoms with Crippen LogP contribution >= 0.6 is 0 Å². The van der Waals surface area contributed by atoms with Gasteiger partial charge in [0.05, 0.1) is 5.70 Å². The molecule has 0 aromatic heterocycles. The summed E-state index contributed by atoms with van der Waals surface area (Å²) in [6.07, 6.45) is 14.2. The van der Waals surface area contributed by atoms with Gasteiger partial charge < -0.3 is 14.7 Å². The lowest BCUT2D eigenvalue weighted by molar-refractivity contribution is 0.326. The maximum atomic E-state index is 4.48. The SMILES string of the molecule is C=CN(C)/C(N=C)=C(\C(=C)N(C)CCC)N(CCc1ccccc1)CC(/C=C\C)=C/C=C/C. The summed E-state index contributed by atoms with van der Waals surface area (Å²) in [5.41, 5.74) is 4.39. The number of rotatable bonds is 15. The number of hydrogen-bond donors (Lipinski definition) is 0. The molecule has 0 unspecified atom stereocenters. The van der Waals surface area contributed by atoms with Gasteiger partial charge in [-0.2, -0.15) is 0 Å². The van der Waals surface area contributed by atoms with Crippen LogP contribution in [-0.4, -0.2) is 55.1 Å². The van der Waals surface area contributed by atoms with Crippen molar-refractivity contribution in [3.8, 4) is 0 Å². The molecule has 4 heteroatoms. The molecule has 1 rings (SSSR count). The molecular formula is C29H42N4. The first-order valence-electron chi connectivity index (χ1n) is 11.6. The predicted octanol–water partition coefficient (Wildman–Crippen LogP) is 6.41. The summed E-state index contributed by atoms with van der Waals surface area (Å²) in [4.78, 5) is 10.9. The van der Waals surface area contributed by atoms with Crippen LogP contribution in [0.2, 0.25) is 0 Å². The zero-order chi connectivity index (χ0) is 24.6. The first-order chi connectivity index (χ1) is 15.9. The van der Waals surface area contributed by atoms with E-state index >= 15 is 0 Å². The van der Waals surface area contributed by atoms with Crippen molar-refractivity contribution in [2.75, 3.05) is 33.7 Å². The first-order valence-corrected chi connectivity index (χ1v) is 11.6. The van der Waals surface area contributed by atoms with E-state index in [0.29, 0.717) is 0 Å². The van der Waals surface area contributed by atoms with Gasteiger partial charge >= 0.3 is 0 Å². The highest BCUT2D eigenvalue weighted by atomic mass is 15.3. The summed E-state index contributed by atoms with van der Waals surface area (Å²) < 4.78 is 0. The molecule has 0 radical (unpaired) electrons. The molecule has 0 N–H and O–H groups in total. The van der Waals surface area contributed by atoms with Crippen molar-refractivity contribution < 1.29 is 0 Å². The molecule has 0 heterocycles. The maximum absolute atomic E-state index is 4.48. The van der Waals surface area contributed by atoms with Gasteiger partial charge in [0.2, 0.25) is 0 Å². The van der Waals surface area contributed by atoms with E-state index in [2.05, 4.69) is 103 Å². The fourth-order valence-corrected chi connectivity index (χ4v) is 3.54. The third-order valence-electron chi connectivity index (χ3n) is 5.35. The summed E-state index contributed by atoms with van der Waals surface area (Å²) >= 11 is 0. The highest BCUT2D eigenvalue weighted by Gasteiger charge is 2.22. The molecule has 1 aromatic rings. The molecule has 0 atom stereocenters. The number of benzene rings is 1. The molecule has 0 aliphatic carbocycles. The fraction of sp³-hybridized carbons (Fsp3) is 0.345. The van der Waals surface area contributed by atoms with Crippen LogP contribution < -0.4 is 0 Å². The molecule has 33 heavy (non-hydrogen) atoms. The van der Waals surface area contributed by atoms with Gasteiger partial charge in [0, 0.05) is 33.7 Å². The van der Waals surface area contributed by atoms with Gasteiger partial charge in [-0.15, -0.1) is 0 Å². The number of aliphatic imine (C=N–C) groups is 1. The Kier molecular flexibility index (Phi) is 13.1. The molecule has 1 aromatic carbocycles. The zero-order valence-corrected chi connectivity index (χ0v) is 21.3. The van der Waals surface area contributed by atoms with Crippen LogP contribution in [0.5, 0.6) is 0 Å². The van der Waals surface area contributed by atoms with Gasteiger partial charge in [-0.1, -0.05) is 80.8 Å². The maximum Gasteiger partial charge on any atom is 0.157 e. The Labute approximate surface area is 202 Å². The molecule has 0 bridgehead atoms. The average molecular weight is 447 g/mol. The van der Waals surface area contributed by atoms with Crippen LogP contribution in [0.1, 0.15) is 32.8 Å². The third-order valence-corrected chi connectivity index (χ3v) is 5.35. The third kappa shape index (κ3) is 9.01. The summed E-state index contributed by atoms with van der Waals surface area (Å²) in [5.74, 6) is 0.747. The summed E-state index contributed by atoms with van der Waals surface area (Å²) in [5, 5.41) is 0. The molecule has 0 saturated heterocycles. The second-order valence-corrected chi connectivity index (χ2v) is 7.92. The van der Waals surface area contributed by atoms with Crippen molar-refractivity contribution in [2.24, 2.45) is 4.99 Å². The van der Waals surface area contributed by atoms with Gasteiger partial charge in [-0.05, 0) is 50.7 Å². The Hall–Kier alpha value is -3.27. The quantitative estimate of drug-likeness (QED) is 0.230. The lowest BCUT2D eigenvalue weighted by Gasteiger charge is -2.35. The molecule has 0 amide bonds. The predicted molar refractivity (Wildman–Crippen MR) is 146 cm³/mol. The average Bonchev–Trinajstić information content (AvgIpc) is 2.83. The van der Waals surface area contributed by atoms with Crippen LogP contribution in [0, 0.1) is 0 Å². The molecule has 0 fully saturated rings. The lowest BCUT2D eigenvalue weighted by atomic mass is 10.1. The van der Waals surface area contributed by atoms with Crippen LogP contribution in [0.4, 0.5) is 0 Å². The molecule has 0 aliphatic rings. The monoisotopic (exact) mass is 446 g/mol. The Morgan fingerprint density at radius 2 is 1.76 bits per heavy atom. The van der Waals surface area contributed by atoms with E-state index in [9.17, 15) is 0 Å². The van der Waals surface area contributed by atoms with Crippen molar-refractivity contribution in [2.45, 2.75) is 33.6 Å². The minimum Gasteiger partial charge on any atom is -0.373 e. The van der Waals surface area contributed by atoms with Crippen LogP contribution in [-0.2, 0) is 6.42 Å². The number of likely N-dealkylation sites (N-methyl/N-ethyl adjacent to an activating group) is 1. The van der Waals surface area contributed by atoms with Crippen LogP contribution in [0.15, 0.2) is 108 Å². The Bertz CT molecular complexity index is 874. The molecule has 178 valence electrons. The Morgan fingerprint density at radius 3 is 2.30 bits per heavy atom. The minimum atomic E-state index is 0.722. The van der Waals surface area contributed by atoms with E-state index in [4.69, 9.17) is 0 Å². The van der Waals surface area contributed by atoms with Gasteiger partial charge in [-0.3, -0.25) is 0 Å². The van der Waals surface area contributed by atoms with E-state index in [1.165, 1.54) is 11.1 Å². The van der Waals surface area contributed by atoms with E-state index < -0.39 is 0 Å². The normalized spacial score (nSPS) is 12.6. The standard InChI is InChI=1S/C29H42N4/c1-9-13-18-27(17-10-2)24-33(23-21-26-19-15-14-16-20-26)28(25(5)32(8)22-11-3)29(30-6)31(7)12-4/h9-10,12-20H,4-6,11,21-24H2,1-3,7-8H3/b13-9+,17-10-,27-18+,29-28+. The topological polar surface area (TPSA) is 22.1 Å². The van der Waals surface area contributed by atoms with Gasteiger partial charge in [0.15, 0.2) is 5.82 Å². The zero-order valence-electron chi connectivity index (χ0n) is 21.3. The Morgan fingerprint density at radius 1 is 1.06 bits per heavy atom. The van der Waals surface area contributed by atoms with E-state index in [1.54, 1.807) is 6.20 Å². The van der Waals surface area contributed by atoms with Gasteiger partial charge in [0.25, 0.3) is 0 Å². The van der Waals surface area contributed by atoms with Gasteiger partial charge in [0.1, 0.15) is 5.70 Å². The summed E-state index contributed by atoms with van der Waals surface area (Å²) in [6, 6.07) is 10.6. The summed E-state index contributed by atoms with van der Waals surface area (Å²) in [7, 11) is 4.03. The molecular weight excluding hydrogens is 404 g/mol. The smallest absolute Gasteiger partial charge is 0.157 e. The second kappa shape index (κ2) is 15.5. The highest BCUT2D eigenvalue weighted by Crippen LogP contribution is 2.26. The van der Waals surface area contributed by atoms with Gasteiger partial charge in [-0.25, -0.2) is 4.99 Å². The van der Waals surface area contributed by atoms with Crippen molar-refractivity contribution in [1.29, 1.82) is 0 Å². The molecule has 0 aliphatic heterocycles. The largest absolute Gasteiger partial charge is 0.373 e. The fourth-order valence-electron chi connectivity index (χ4n) is 3.54. The van der Waals surface area contributed by atoms with Crippen molar-refractivity contribution >= 4 is 6.72 Å². The Balaban J connectivity index is 3.60. The highest BCUT2D eigenvalue weighted by molar-refractivity contribution is 5.38. The molecule has 0 spiro atoms. The minimum absolute atomic E-state index is 0.722. The molecule has 4 nitrogen and oxygen atoms in total. The number of hydrogen-bond acceptors (Lipinski definition) is 4. The van der Waals surface area contributed by atoms with E-state index in [0.717, 1.165) is 49.7 Å². The van der Waals surface area contributed by atoms with Crippen LogP contribution in [0.25, 0.3) is 0 Å². The second-order valence-electron chi connectivity index (χ2n) is 7.92. The number of nitrogens with zero attached hydrogens (tertiary/aromatic N) is 4.